The number of imide groups is 2. The Morgan fingerprint density at radius 1 is 1.00 bits per heavy atom. The molecule has 7 nitrogen and oxygen atoms in total. The molecule has 1 aliphatic rings. The quantitative estimate of drug-likeness (QED) is 0.440. The molecule has 2 heterocycles. The van der Waals surface area contributed by atoms with Crippen molar-refractivity contribution >= 4 is 29.6 Å². The molecule has 1 N–H and O–H groups in total. The molecule has 4 rings (SSSR count). The molecule has 0 radical (unpaired) electrons. The van der Waals surface area contributed by atoms with Gasteiger partial charge >= 0.3 is 6.03 Å². The third-order valence-corrected chi connectivity index (χ3v) is 5.45. The zero-order valence-electron chi connectivity index (χ0n) is 18.6. The van der Waals surface area contributed by atoms with Crippen LogP contribution < -0.4 is 15.0 Å². The number of hydrogen-bond acceptors (Lipinski definition) is 4. The van der Waals surface area contributed by atoms with E-state index in [0.29, 0.717) is 24.5 Å². The molecule has 7 heteroatoms. The maximum absolute atomic E-state index is 13.1. The van der Waals surface area contributed by atoms with Gasteiger partial charge in [-0.3, -0.25) is 14.9 Å². The van der Waals surface area contributed by atoms with Gasteiger partial charge < -0.3 is 9.30 Å². The number of anilines is 1. The molecule has 4 amide bonds. The van der Waals surface area contributed by atoms with Gasteiger partial charge in [-0.25, -0.2) is 9.69 Å². The van der Waals surface area contributed by atoms with E-state index in [1.807, 2.05) is 67.1 Å². The smallest absolute Gasteiger partial charge is 0.335 e. The van der Waals surface area contributed by atoms with Gasteiger partial charge in [0.15, 0.2) is 0 Å². The number of ether oxygens (including phenoxy) is 1. The maximum atomic E-state index is 13.1. The van der Waals surface area contributed by atoms with E-state index in [2.05, 4.69) is 5.32 Å². The predicted octanol–water partition coefficient (Wildman–Crippen LogP) is 4.10. The summed E-state index contributed by atoms with van der Waals surface area (Å²) >= 11 is 0. The lowest BCUT2D eigenvalue weighted by Gasteiger charge is -2.26. The lowest BCUT2D eigenvalue weighted by molar-refractivity contribution is -0.122. The molecule has 0 bridgehead atoms. The number of nitrogens with zero attached hydrogens (tertiary/aromatic N) is 2. The maximum Gasteiger partial charge on any atom is 0.335 e. The number of carbonyl (C=O) groups excluding carboxylic acids is 3. The average Bonchev–Trinajstić information content (AvgIpc) is 3.24. The van der Waals surface area contributed by atoms with Gasteiger partial charge in [0.1, 0.15) is 17.9 Å². The third kappa shape index (κ3) is 4.87. The van der Waals surface area contributed by atoms with E-state index in [1.165, 1.54) is 6.08 Å². The Bertz CT molecular complexity index is 1220. The number of aromatic nitrogens is 1. The number of nitrogens with one attached hydrogen (secondary N) is 1. The molecular weight excluding hydrogens is 418 g/mol. The Hall–Kier alpha value is -4.13. The molecular formula is C26H25N3O4. The second-order valence-electron chi connectivity index (χ2n) is 7.77. The Kier molecular flexibility index (Phi) is 6.40. The second kappa shape index (κ2) is 9.56. The zero-order valence-corrected chi connectivity index (χ0v) is 18.6. The van der Waals surface area contributed by atoms with E-state index >= 15 is 0 Å². The van der Waals surface area contributed by atoms with Crippen molar-refractivity contribution in [3.63, 3.8) is 0 Å². The molecule has 1 fully saturated rings. The van der Waals surface area contributed by atoms with Crippen LogP contribution in [0.15, 0.2) is 72.4 Å². The summed E-state index contributed by atoms with van der Waals surface area (Å²) in [5.74, 6) is -0.584. The number of carbonyl (C=O) groups is 3. The summed E-state index contributed by atoms with van der Waals surface area (Å²) in [6.45, 7) is 4.97. The van der Waals surface area contributed by atoms with Gasteiger partial charge in [0.25, 0.3) is 11.8 Å². The van der Waals surface area contributed by atoms with E-state index in [0.717, 1.165) is 28.2 Å². The molecule has 168 valence electrons. The van der Waals surface area contributed by atoms with E-state index in [4.69, 9.17) is 4.74 Å². The van der Waals surface area contributed by atoms with Crippen LogP contribution in [-0.2, 0) is 22.6 Å². The number of barbiturate groups is 1. The summed E-state index contributed by atoms with van der Waals surface area (Å²) in [4.78, 5) is 39.0. The zero-order chi connectivity index (χ0) is 23.4. The van der Waals surface area contributed by atoms with Crippen molar-refractivity contribution in [1.82, 2.24) is 9.88 Å². The van der Waals surface area contributed by atoms with Crippen LogP contribution in [0.3, 0.4) is 0 Å². The number of amides is 4. The van der Waals surface area contributed by atoms with Crippen molar-refractivity contribution in [3.05, 3.63) is 89.3 Å². The summed E-state index contributed by atoms with van der Waals surface area (Å²) < 4.78 is 7.70. The van der Waals surface area contributed by atoms with Gasteiger partial charge in [0.05, 0.1) is 12.2 Å². The molecule has 0 unspecified atom stereocenters. The summed E-state index contributed by atoms with van der Waals surface area (Å²) in [5.41, 5.74) is 3.17. The van der Waals surface area contributed by atoms with Crippen LogP contribution in [0.1, 0.15) is 23.7 Å². The first kappa shape index (κ1) is 22.1. The predicted molar refractivity (Wildman–Crippen MR) is 126 cm³/mol. The first-order valence-electron chi connectivity index (χ1n) is 10.8. The van der Waals surface area contributed by atoms with Gasteiger partial charge in [0, 0.05) is 11.9 Å². The number of hydrogen-bond donors (Lipinski definition) is 1. The lowest BCUT2D eigenvalue weighted by Crippen LogP contribution is -2.54. The largest absolute Gasteiger partial charge is 0.492 e. The summed E-state index contributed by atoms with van der Waals surface area (Å²) in [7, 11) is 0. The molecule has 2 aromatic carbocycles. The van der Waals surface area contributed by atoms with Crippen LogP contribution in [0, 0.1) is 6.92 Å². The fraction of sp³-hybridized carbons (Fsp3) is 0.192. The minimum atomic E-state index is -0.756. The Labute approximate surface area is 192 Å². The van der Waals surface area contributed by atoms with Crippen LogP contribution in [0.5, 0.6) is 5.75 Å². The molecule has 0 aliphatic carbocycles. The average molecular weight is 444 g/mol. The topological polar surface area (TPSA) is 80.6 Å². The lowest BCUT2D eigenvalue weighted by atomic mass is 10.1. The Morgan fingerprint density at radius 2 is 1.79 bits per heavy atom. The van der Waals surface area contributed by atoms with Crippen molar-refractivity contribution < 1.29 is 19.1 Å². The van der Waals surface area contributed by atoms with Crippen LogP contribution >= 0.6 is 0 Å². The Morgan fingerprint density at radius 3 is 2.52 bits per heavy atom. The first-order valence-corrected chi connectivity index (χ1v) is 10.8. The summed E-state index contributed by atoms with van der Waals surface area (Å²) in [6.07, 6.45) is 4.20. The van der Waals surface area contributed by atoms with Crippen molar-refractivity contribution in [1.29, 1.82) is 0 Å². The van der Waals surface area contributed by atoms with Gasteiger partial charge in [-0.05, 0) is 66.9 Å². The van der Waals surface area contributed by atoms with E-state index in [9.17, 15) is 14.4 Å². The van der Waals surface area contributed by atoms with E-state index in [1.54, 1.807) is 18.2 Å². The molecule has 3 aromatic rings. The highest BCUT2D eigenvalue weighted by molar-refractivity contribution is 6.39. The van der Waals surface area contributed by atoms with Gasteiger partial charge in [-0.1, -0.05) is 31.2 Å². The highest BCUT2D eigenvalue weighted by Gasteiger charge is 2.36. The van der Waals surface area contributed by atoms with Crippen LogP contribution in [-0.4, -0.2) is 29.0 Å². The van der Waals surface area contributed by atoms with Crippen molar-refractivity contribution in [2.24, 2.45) is 0 Å². The fourth-order valence-corrected chi connectivity index (χ4v) is 3.65. The van der Waals surface area contributed by atoms with Crippen molar-refractivity contribution in [2.45, 2.75) is 26.8 Å². The number of urea groups is 1. The third-order valence-electron chi connectivity index (χ3n) is 5.45. The summed E-state index contributed by atoms with van der Waals surface area (Å²) in [6, 6.07) is 17.8. The first-order chi connectivity index (χ1) is 16.0. The molecule has 0 saturated carbocycles. The molecule has 1 aliphatic heterocycles. The van der Waals surface area contributed by atoms with Crippen LogP contribution in [0.4, 0.5) is 10.5 Å². The highest BCUT2D eigenvalue weighted by atomic mass is 16.5. The monoisotopic (exact) mass is 443 g/mol. The standard InChI is InChI=1S/C26H25N3O4/c1-3-19-9-11-20(12-10-19)29-25(31)23(24(30)27-26(29)32)17-21-7-5-13-28(21)14-15-33-22-8-4-6-18(2)16-22/h4-13,16-17H,3,14-15H2,1-2H3,(H,27,30,32)/b23-17+. The van der Waals surface area contributed by atoms with Crippen LogP contribution in [0.2, 0.25) is 0 Å². The minimum absolute atomic E-state index is 0.103. The Balaban J connectivity index is 1.53. The number of aryl methyl sites for hydroxylation is 2. The summed E-state index contributed by atoms with van der Waals surface area (Å²) in [5, 5.41) is 2.26. The van der Waals surface area contributed by atoms with Gasteiger partial charge in [-0.15, -0.1) is 0 Å². The molecule has 1 aromatic heterocycles. The second-order valence-corrected chi connectivity index (χ2v) is 7.77. The minimum Gasteiger partial charge on any atom is -0.492 e. The van der Waals surface area contributed by atoms with Crippen molar-refractivity contribution in [3.8, 4) is 5.75 Å². The SMILES string of the molecule is CCc1ccc(N2C(=O)NC(=O)/C(=C\c3cccn3CCOc3cccc(C)c3)C2=O)cc1. The molecule has 1 saturated heterocycles. The molecule has 0 spiro atoms. The van der Waals surface area contributed by atoms with E-state index < -0.39 is 17.8 Å². The van der Waals surface area contributed by atoms with E-state index in [-0.39, 0.29) is 5.57 Å². The van der Waals surface area contributed by atoms with Crippen molar-refractivity contribution in [2.75, 3.05) is 11.5 Å². The fourth-order valence-electron chi connectivity index (χ4n) is 3.65. The van der Waals surface area contributed by atoms with Gasteiger partial charge in [-0.2, -0.15) is 0 Å². The van der Waals surface area contributed by atoms with Gasteiger partial charge in [0.2, 0.25) is 0 Å². The number of benzene rings is 2. The molecule has 0 atom stereocenters. The number of rotatable bonds is 7. The highest BCUT2D eigenvalue weighted by Crippen LogP contribution is 2.23. The van der Waals surface area contributed by atoms with Crippen LogP contribution in [0.25, 0.3) is 6.08 Å². The normalized spacial score (nSPS) is 15.2. The molecule has 33 heavy (non-hydrogen) atoms.